The van der Waals surface area contributed by atoms with Gasteiger partial charge in [-0.2, -0.15) is 0 Å². The first-order valence-corrected chi connectivity index (χ1v) is 6.95. The molecule has 0 unspecified atom stereocenters. The van der Waals surface area contributed by atoms with Crippen LogP contribution in [0, 0.1) is 11.6 Å². The van der Waals surface area contributed by atoms with Gasteiger partial charge in [-0.15, -0.1) is 11.8 Å². The van der Waals surface area contributed by atoms with E-state index in [1.807, 2.05) is 12.1 Å². The Morgan fingerprint density at radius 1 is 1.06 bits per heavy atom. The van der Waals surface area contributed by atoms with Crippen molar-refractivity contribution in [1.82, 2.24) is 0 Å². The Balaban J connectivity index is 2.13. The summed E-state index contributed by atoms with van der Waals surface area (Å²) in [7, 11) is 0. The summed E-state index contributed by atoms with van der Waals surface area (Å²) >= 11 is 4.80. The average Bonchev–Trinajstić information content (AvgIpc) is 2.29. The van der Waals surface area contributed by atoms with E-state index in [4.69, 9.17) is 5.73 Å². The lowest BCUT2D eigenvalue weighted by atomic mass is 10.2. The Labute approximate surface area is 117 Å². The van der Waals surface area contributed by atoms with Gasteiger partial charge in [0, 0.05) is 26.9 Å². The Morgan fingerprint density at radius 3 is 2.39 bits per heavy atom. The van der Waals surface area contributed by atoms with Crippen LogP contribution in [0.2, 0.25) is 0 Å². The average molecular weight is 330 g/mol. The summed E-state index contributed by atoms with van der Waals surface area (Å²) in [4.78, 5) is 0.883. The Morgan fingerprint density at radius 2 is 1.72 bits per heavy atom. The molecular weight excluding hydrogens is 320 g/mol. The van der Waals surface area contributed by atoms with Crippen LogP contribution in [0.4, 0.5) is 14.5 Å². The van der Waals surface area contributed by atoms with Crippen molar-refractivity contribution in [2.24, 2.45) is 0 Å². The zero-order valence-corrected chi connectivity index (χ0v) is 11.7. The van der Waals surface area contributed by atoms with E-state index in [1.54, 1.807) is 6.07 Å². The van der Waals surface area contributed by atoms with Gasteiger partial charge in [0.15, 0.2) is 0 Å². The number of hydrogen-bond donors (Lipinski definition) is 1. The van der Waals surface area contributed by atoms with E-state index in [2.05, 4.69) is 15.9 Å². The lowest BCUT2D eigenvalue weighted by molar-refractivity contribution is 0.581. The van der Waals surface area contributed by atoms with Crippen molar-refractivity contribution in [2.45, 2.75) is 10.6 Å². The lowest BCUT2D eigenvalue weighted by Gasteiger charge is -2.06. The summed E-state index contributed by atoms with van der Waals surface area (Å²) in [6.07, 6.45) is 0. The van der Waals surface area contributed by atoms with E-state index in [1.165, 1.54) is 23.9 Å². The Bertz CT molecular complexity index is 555. The van der Waals surface area contributed by atoms with Gasteiger partial charge in [0.25, 0.3) is 0 Å². The quantitative estimate of drug-likeness (QED) is 0.657. The van der Waals surface area contributed by atoms with Crippen LogP contribution in [-0.2, 0) is 5.75 Å². The van der Waals surface area contributed by atoms with Crippen LogP contribution in [0.1, 0.15) is 5.56 Å². The van der Waals surface area contributed by atoms with Gasteiger partial charge in [0.05, 0.1) is 0 Å². The molecule has 0 saturated carbocycles. The predicted molar refractivity (Wildman–Crippen MR) is 74.5 cm³/mol. The second kappa shape index (κ2) is 5.71. The molecule has 0 heterocycles. The third kappa shape index (κ3) is 3.46. The number of anilines is 1. The first-order chi connectivity index (χ1) is 8.54. The number of thioether (sulfide) groups is 1. The van der Waals surface area contributed by atoms with Gasteiger partial charge in [-0.25, -0.2) is 8.78 Å². The Hall–Kier alpha value is -1.07. The van der Waals surface area contributed by atoms with Crippen molar-refractivity contribution < 1.29 is 8.78 Å². The fraction of sp³-hybridized carbons (Fsp3) is 0.0769. The maximum Gasteiger partial charge on any atom is 0.126 e. The van der Waals surface area contributed by atoms with E-state index in [-0.39, 0.29) is 0 Å². The largest absolute Gasteiger partial charge is 0.398 e. The summed E-state index contributed by atoms with van der Waals surface area (Å²) in [5.74, 6) is -0.657. The highest BCUT2D eigenvalue weighted by Crippen LogP contribution is 2.30. The molecule has 2 N–H and O–H groups in total. The second-order valence-electron chi connectivity index (χ2n) is 3.75. The van der Waals surface area contributed by atoms with Crippen molar-refractivity contribution >= 4 is 33.4 Å². The molecule has 94 valence electrons. The second-order valence-corrected chi connectivity index (χ2v) is 5.68. The highest BCUT2D eigenvalue weighted by atomic mass is 79.9. The molecule has 0 saturated heterocycles. The fourth-order valence-corrected chi connectivity index (χ4v) is 2.94. The maximum atomic E-state index is 13.0. The number of benzene rings is 2. The van der Waals surface area contributed by atoms with Crippen molar-refractivity contribution in [1.29, 1.82) is 0 Å². The number of nitrogens with two attached hydrogens (primary N) is 1. The smallest absolute Gasteiger partial charge is 0.126 e. The first kappa shape index (κ1) is 13.4. The van der Waals surface area contributed by atoms with Gasteiger partial charge in [-0.1, -0.05) is 15.9 Å². The van der Waals surface area contributed by atoms with E-state index in [9.17, 15) is 8.78 Å². The zero-order chi connectivity index (χ0) is 13.1. The standard InChI is InChI=1S/C13H10BrF2NS/c14-9-1-2-12(17)13(5-9)18-7-8-3-10(15)6-11(16)4-8/h1-6H,7,17H2. The number of halogens is 3. The first-order valence-electron chi connectivity index (χ1n) is 5.17. The van der Waals surface area contributed by atoms with Crippen molar-refractivity contribution in [3.63, 3.8) is 0 Å². The van der Waals surface area contributed by atoms with Gasteiger partial charge < -0.3 is 5.73 Å². The molecule has 0 aromatic heterocycles. The minimum atomic E-state index is -0.562. The topological polar surface area (TPSA) is 26.0 Å². The molecule has 0 radical (unpaired) electrons. The van der Waals surface area contributed by atoms with Crippen molar-refractivity contribution in [2.75, 3.05) is 5.73 Å². The van der Waals surface area contributed by atoms with Crippen LogP contribution < -0.4 is 5.73 Å². The minimum absolute atomic E-state index is 0.468. The minimum Gasteiger partial charge on any atom is -0.398 e. The maximum absolute atomic E-state index is 13.0. The molecule has 0 aliphatic rings. The molecule has 0 aliphatic carbocycles. The molecule has 0 fully saturated rings. The molecule has 0 amide bonds. The van der Waals surface area contributed by atoms with E-state index in [0.29, 0.717) is 17.0 Å². The van der Waals surface area contributed by atoms with Gasteiger partial charge in [-0.05, 0) is 35.9 Å². The number of hydrogen-bond acceptors (Lipinski definition) is 2. The van der Waals surface area contributed by atoms with Gasteiger partial charge in [0.2, 0.25) is 0 Å². The van der Waals surface area contributed by atoms with Crippen LogP contribution in [0.25, 0.3) is 0 Å². The summed E-state index contributed by atoms with van der Waals surface area (Å²) in [6, 6.07) is 9.03. The van der Waals surface area contributed by atoms with Gasteiger partial charge in [-0.3, -0.25) is 0 Å². The summed E-state index contributed by atoms with van der Waals surface area (Å²) in [5.41, 5.74) is 7.07. The third-order valence-electron chi connectivity index (χ3n) is 2.29. The summed E-state index contributed by atoms with van der Waals surface area (Å²) < 4.78 is 27.0. The molecule has 2 aromatic rings. The van der Waals surface area contributed by atoms with E-state index in [0.717, 1.165) is 15.4 Å². The number of nitrogen functional groups attached to an aromatic ring is 1. The normalized spacial score (nSPS) is 10.6. The molecule has 2 rings (SSSR count). The van der Waals surface area contributed by atoms with Crippen LogP contribution in [0.5, 0.6) is 0 Å². The van der Waals surface area contributed by atoms with Crippen LogP contribution in [0.15, 0.2) is 45.8 Å². The molecule has 0 atom stereocenters. The molecule has 5 heteroatoms. The van der Waals surface area contributed by atoms with Gasteiger partial charge in [0.1, 0.15) is 11.6 Å². The highest BCUT2D eigenvalue weighted by Gasteiger charge is 2.04. The Kier molecular flexibility index (Phi) is 4.24. The molecule has 18 heavy (non-hydrogen) atoms. The predicted octanol–water partition coefficient (Wildman–Crippen LogP) is 4.60. The third-order valence-corrected chi connectivity index (χ3v) is 3.93. The molecule has 0 bridgehead atoms. The monoisotopic (exact) mass is 329 g/mol. The molecule has 2 aromatic carbocycles. The highest BCUT2D eigenvalue weighted by molar-refractivity contribution is 9.10. The molecule has 0 spiro atoms. The van der Waals surface area contributed by atoms with Crippen molar-refractivity contribution in [3.05, 3.63) is 58.1 Å². The van der Waals surface area contributed by atoms with Crippen LogP contribution in [-0.4, -0.2) is 0 Å². The van der Waals surface area contributed by atoms with Crippen LogP contribution in [0.3, 0.4) is 0 Å². The van der Waals surface area contributed by atoms with E-state index < -0.39 is 11.6 Å². The summed E-state index contributed by atoms with van der Waals surface area (Å²) in [6.45, 7) is 0. The molecular formula is C13H10BrF2NS. The number of rotatable bonds is 3. The zero-order valence-electron chi connectivity index (χ0n) is 9.29. The fourth-order valence-electron chi connectivity index (χ4n) is 1.49. The molecule has 0 aliphatic heterocycles. The lowest BCUT2D eigenvalue weighted by Crippen LogP contribution is -1.90. The van der Waals surface area contributed by atoms with Crippen LogP contribution >= 0.6 is 27.7 Å². The van der Waals surface area contributed by atoms with E-state index >= 15 is 0 Å². The SMILES string of the molecule is Nc1ccc(Br)cc1SCc1cc(F)cc(F)c1. The summed E-state index contributed by atoms with van der Waals surface area (Å²) in [5, 5.41) is 0. The molecule has 1 nitrogen and oxygen atoms in total. The van der Waals surface area contributed by atoms with Gasteiger partial charge >= 0.3 is 0 Å². The van der Waals surface area contributed by atoms with Crippen molar-refractivity contribution in [3.8, 4) is 0 Å².